The quantitative estimate of drug-likeness (QED) is 0.0958. The second kappa shape index (κ2) is 11.9. The molecule has 2 aromatic heterocycles. The van der Waals surface area contributed by atoms with Crippen molar-refractivity contribution in [1.82, 2.24) is 24.7 Å². The molecular formula is C27H28N8O6. The largest absolute Gasteiger partial charge is 0.497 e. The summed E-state index contributed by atoms with van der Waals surface area (Å²) in [5.41, 5.74) is 6.50. The molecule has 0 spiro atoms. The molecule has 1 fully saturated rings. The number of nitrogens with zero attached hydrogens (tertiary/aromatic N) is 4. The molecule has 5 rings (SSSR count). The van der Waals surface area contributed by atoms with Crippen LogP contribution in [-0.4, -0.2) is 63.0 Å². The SMILES string of the molecule is COc1cc(O[C@H]2CCOC2)cc(C(Nc2ccc(C(=N)N)c(OC(C)=O)c2)c2nn(-c3ncccn3)c(=O)[nH]2)c1. The number of carbonyl (C=O) groups excluding carboxylic acids is 1. The number of nitrogens with two attached hydrogens (primary N) is 1. The number of aromatic amines is 1. The summed E-state index contributed by atoms with van der Waals surface area (Å²) >= 11 is 0. The summed E-state index contributed by atoms with van der Waals surface area (Å²) in [5, 5.41) is 15.6. The monoisotopic (exact) mass is 560 g/mol. The fourth-order valence-corrected chi connectivity index (χ4v) is 4.30. The topological polar surface area (TPSA) is 192 Å². The first-order valence-electron chi connectivity index (χ1n) is 12.6. The lowest BCUT2D eigenvalue weighted by molar-refractivity contribution is -0.131. The van der Waals surface area contributed by atoms with E-state index in [4.69, 9.17) is 30.1 Å². The van der Waals surface area contributed by atoms with Crippen molar-refractivity contribution in [2.45, 2.75) is 25.5 Å². The zero-order valence-electron chi connectivity index (χ0n) is 22.3. The molecule has 0 saturated carbocycles. The normalized spacial score (nSPS) is 15.2. The molecule has 2 aromatic carbocycles. The maximum Gasteiger partial charge on any atom is 0.350 e. The number of H-pyrrole nitrogens is 1. The number of ether oxygens (including phenoxy) is 4. The molecule has 14 heteroatoms. The number of esters is 1. The molecule has 3 heterocycles. The number of nitrogen functional groups attached to an aromatic ring is 1. The molecule has 212 valence electrons. The van der Waals surface area contributed by atoms with Gasteiger partial charge in [0.2, 0.25) is 0 Å². The Morgan fingerprint density at radius 3 is 2.68 bits per heavy atom. The van der Waals surface area contributed by atoms with Crippen LogP contribution >= 0.6 is 0 Å². The van der Waals surface area contributed by atoms with E-state index in [0.29, 0.717) is 36.0 Å². The third-order valence-corrected chi connectivity index (χ3v) is 6.15. The van der Waals surface area contributed by atoms with E-state index in [1.807, 2.05) is 6.07 Å². The van der Waals surface area contributed by atoms with Gasteiger partial charge in [0.15, 0.2) is 5.82 Å². The number of carbonyl (C=O) groups is 1. The van der Waals surface area contributed by atoms with Crippen LogP contribution in [0.25, 0.3) is 5.95 Å². The average Bonchev–Trinajstić information content (AvgIpc) is 3.61. The Morgan fingerprint density at radius 1 is 1.22 bits per heavy atom. The van der Waals surface area contributed by atoms with E-state index < -0.39 is 17.7 Å². The lowest BCUT2D eigenvalue weighted by atomic mass is 10.0. The van der Waals surface area contributed by atoms with Crippen LogP contribution in [0.15, 0.2) is 59.7 Å². The molecule has 0 aliphatic carbocycles. The van der Waals surface area contributed by atoms with Crippen LogP contribution in [0, 0.1) is 5.41 Å². The Labute approximate surface area is 233 Å². The summed E-state index contributed by atoms with van der Waals surface area (Å²) in [6.45, 7) is 2.35. The number of methoxy groups -OCH3 is 1. The van der Waals surface area contributed by atoms with Crippen LogP contribution in [0.3, 0.4) is 0 Å². The maximum atomic E-state index is 12.9. The molecule has 14 nitrogen and oxygen atoms in total. The Balaban J connectivity index is 1.59. The van der Waals surface area contributed by atoms with Crippen LogP contribution < -0.4 is 31.0 Å². The molecule has 0 radical (unpaired) electrons. The van der Waals surface area contributed by atoms with Crippen LogP contribution in [0.1, 0.15) is 36.3 Å². The molecule has 0 bridgehead atoms. The van der Waals surface area contributed by atoms with E-state index in [1.54, 1.807) is 37.4 Å². The van der Waals surface area contributed by atoms with E-state index in [0.717, 1.165) is 11.1 Å². The minimum Gasteiger partial charge on any atom is -0.497 e. The molecular weight excluding hydrogens is 532 g/mol. The number of anilines is 1. The number of benzene rings is 2. The highest BCUT2D eigenvalue weighted by Gasteiger charge is 2.25. The van der Waals surface area contributed by atoms with E-state index in [9.17, 15) is 9.59 Å². The number of hydrogen-bond acceptors (Lipinski definition) is 11. The summed E-state index contributed by atoms with van der Waals surface area (Å²) in [7, 11) is 1.54. The molecule has 1 saturated heterocycles. The van der Waals surface area contributed by atoms with Crippen LogP contribution in [0.5, 0.6) is 17.2 Å². The minimum absolute atomic E-state index is 0.0950. The average molecular weight is 561 g/mol. The standard InChI is InChI=1S/C27H28N8O6/c1-15(36)40-22-12-17(4-5-21(22)24(28)29)32-23(25-33-27(37)35(34-25)26-30-7-3-8-31-26)16-10-19(38-2)13-20(11-16)41-18-6-9-39-14-18/h3-5,7-8,10-13,18,23,32H,6,9,14H2,1-2H3,(H3,28,29)(H,33,34,37)/t18-,23?/m0/s1. The molecule has 2 atom stereocenters. The highest BCUT2D eigenvalue weighted by atomic mass is 16.5. The van der Waals surface area contributed by atoms with Gasteiger partial charge in [0.1, 0.15) is 35.2 Å². The Morgan fingerprint density at radius 2 is 2.00 bits per heavy atom. The van der Waals surface area contributed by atoms with Crippen molar-refractivity contribution in [3.8, 4) is 23.2 Å². The van der Waals surface area contributed by atoms with Crippen LogP contribution in [0.2, 0.25) is 0 Å². The minimum atomic E-state index is -0.765. The van der Waals surface area contributed by atoms with Crippen molar-refractivity contribution in [2.24, 2.45) is 5.73 Å². The van der Waals surface area contributed by atoms with Gasteiger partial charge in [-0.05, 0) is 35.9 Å². The molecule has 5 N–H and O–H groups in total. The van der Waals surface area contributed by atoms with Gasteiger partial charge in [0.05, 0.1) is 25.9 Å². The Bertz CT molecular complexity index is 1610. The highest BCUT2D eigenvalue weighted by molar-refractivity contribution is 5.98. The maximum absolute atomic E-state index is 12.9. The second-order valence-electron chi connectivity index (χ2n) is 9.12. The van der Waals surface area contributed by atoms with Crippen molar-refractivity contribution in [2.75, 3.05) is 25.6 Å². The van der Waals surface area contributed by atoms with Gasteiger partial charge in [-0.3, -0.25) is 15.2 Å². The molecule has 1 aliphatic heterocycles. The molecule has 4 aromatic rings. The van der Waals surface area contributed by atoms with Gasteiger partial charge >= 0.3 is 11.7 Å². The van der Waals surface area contributed by atoms with Gasteiger partial charge in [0, 0.05) is 43.6 Å². The van der Waals surface area contributed by atoms with E-state index in [-0.39, 0.29) is 35.0 Å². The van der Waals surface area contributed by atoms with Crippen LogP contribution in [0.4, 0.5) is 5.69 Å². The number of amidine groups is 1. The number of rotatable bonds is 10. The smallest absolute Gasteiger partial charge is 0.350 e. The summed E-state index contributed by atoms with van der Waals surface area (Å²) in [6, 6.07) is 11.0. The zero-order chi connectivity index (χ0) is 28.9. The molecule has 0 amide bonds. The molecule has 41 heavy (non-hydrogen) atoms. The first-order valence-corrected chi connectivity index (χ1v) is 12.6. The van der Waals surface area contributed by atoms with Gasteiger partial charge in [-0.2, -0.15) is 0 Å². The van der Waals surface area contributed by atoms with Crippen LogP contribution in [-0.2, 0) is 9.53 Å². The second-order valence-corrected chi connectivity index (χ2v) is 9.12. The third-order valence-electron chi connectivity index (χ3n) is 6.15. The molecule has 1 aliphatic rings. The van der Waals surface area contributed by atoms with Gasteiger partial charge < -0.3 is 30.0 Å². The molecule has 1 unspecified atom stereocenters. The Hall–Kier alpha value is -5.24. The zero-order valence-corrected chi connectivity index (χ0v) is 22.3. The first kappa shape index (κ1) is 27.3. The van der Waals surface area contributed by atoms with Gasteiger partial charge in [-0.1, -0.05) is 0 Å². The van der Waals surface area contributed by atoms with Gasteiger partial charge in [0.25, 0.3) is 5.95 Å². The summed E-state index contributed by atoms with van der Waals surface area (Å²) in [6.07, 6.45) is 3.65. The van der Waals surface area contributed by atoms with Crippen molar-refractivity contribution in [3.05, 3.63) is 82.3 Å². The number of hydrogen-bond donors (Lipinski definition) is 4. The Kier molecular flexibility index (Phi) is 7.92. The van der Waals surface area contributed by atoms with Gasteiger partial charge in [-0.15, -0.1) is 9.78 Å². The number of aromatic nitrogens is 5. The lowest BCUT2D eigenvalue weighted by Crippen LogP contribution is -2.18. The predicted molar refractivity (Wildman–Crippen MR) is 147 cm³/mol. The van der Waals surface area contributed by atoms with Crippen molar-refractivity contribution in [3.63, 3.8) is 0 Å². The van der Waals surface area contributed by atoms with Gasteiger partial charge in [-0.25, -0.2) is 14.8 Å². The fraction of sp³-hybridized carbons (Fsp3) is 0.259. The predicted octanol–water partition coefficient (Wildman–Crippen LogP) is 1.94. The first-order chi connectivity index (χ1) is 19.8. The van der Waals surface area contributed by atoms with Crippen molar-refractivity contribution >= 4 is 17.5 Å². The number of nitrogens with one attached hydrogen (secondary N) is 3. The highest BCUT2D eigenvalue weighted by Crippen LogP contribution is 2.33. The van der Waals surface area contributed by atoms with E-state index in [2.05, 4.69) is 25.4 Å². The lowest BCUT2D eigenvalue weighted by Gasteiger charge is -2.21. The van der Waals surface area contributed by atoms with E-state index >= 15 is 0 Å². The summed E-state index contributed by atoms with van der Waals surface area (Å²) < 4.78 is 23.5. The van der Waals surface area contributed by atoms with Crippen molar-refractivity contribution in [1.29, 1.82) is 5.41 Å². The van der Waals surface area contributed by atoms with Crippen molar-refractivity contribution < 1.29 is 23.7 Å². The fourth-order valence-electron chi connectivity index (χ4n) is 4.30. The summed E-state index contributed by atoms with van der Waals surface area (Å²) in [4.78, 5) is 35.7. The summed E-state index contributed by atoms with van der Waals surface area (Å²) in [5.74, 6) is 0.652. The third kappa shape index (κ3) is 6.33. The van der Waals surface area contributed by atoms with E-state index in [1.165, 1.54) is 25.4 Å².